The van der Waals surface area contributed by atoms with E-state index in [2.05, 4.69) is 21.1 Å². The van der Waals surface area contributed by atoms with Gasteiger partial charge in [-0.1, -0.05) is 21.1 Å². The minimum atomic E-state index is -0.297. The summed E-state index contributed by atoms with van der Waals surface area (Å²) in [5, 5.41) is 3.73. The van der Waals surface area contributed by atoms with E-state index in [1.165, 1.54) is 6.07 Å². The van der Waals surface area contributed by atoms with Gasteiger partial charge in [-0.05, 0) is 31.0 Å². The summed E-state index contributed by atoms with van der Waals surface area (Å²) in [5.74, 6) is -0.125. The van der Waals surface area contributed by atoms with Crippen molar-refractivity contribution >= 4 is 21.8 Å². The molecule has 0 aliphatic rings. The summed E-state index contributed by atoms with van der Waals surface area (Å²) in [6.07, 6.45) is 0. The van der Waals surface area contributed by atoms with Crippen LogP contribution in [0.4, 0.5) is 10.3 Å². The number of benzene rings is 1. The Kier molecular flexibility index (Phi) is 2.71. The fourth-order valence-electron chi connectivity index (χ4n) is 1.55. The highest BCUT2D eigenvalue weighted by Gasteiger charge is 2.17. The van der Waals surface area contributed by atoms with Gasteiger partial charge < -0.3 is 10.3 Å². The van der Waals surface area contributed by atoms with Gasteiger partial charge in [0.25, 0.3) is 0 Å². The molecule has 0 atom stereocenters. The number of halogens is 2. The molecule has 0 unspecified atom stereocenters. The predicted octanol–water partition coefficient (Wildman–Crippen LogP) is 3.44. The minimum Gasteiger partial charge on any atom is -0.368 e. The van der Waals surface area contributed by atoms with Crippen LogP contribution in [0.25, 0.3) is 11.3 Å². The van der Waals surface area contributed by atoms with E-state index >= 15 is 0 Å². The van der Waals surface area contributed by atoms with Crippen LogP contribution >= 0.6 is 15.9 Å². The topological polar surface area (TPSA) is 52.0 Å². The minimum absolute atomic E-state index is 0.173. The molecule has 84 valence electrons. The van der Waals surface area contributed by atoms with E-state index < -0.39 is 0 Å². The van der Waals surface area contributed by atoms with E-state index in [1.807, 2.05) is 6.92 Å². The number of rotatable bonds is 1. The van der Waals surface area contributed by atoms with E-state index in [0.29, 0.717) is 16.8 Å². The summed E-state index contributed by atoms with van der Waals surface area (Å²) < 4.78 is 19.6. The maximum atomic E-state index is 14.0. The SMILES string of the molecule is Cc1cc(Br)c(C)c(-c2cc(N)on2)c1F. The average Bonchev–Trinajstić information content (AvgIpc) is 2.62. The molecule has 0 saturated heterocycles. The molecular formula is C11H10BrFN2O. The Morgan fingerprint density at radius 3 is 2.62 bits per heavy atom. The second kappa shape index (κ2) is 3.90. The molecule has 2 N–H and O–H groups in total. The van der Waals surface area contributed by atoms with Gasteiger partial charge in [-0.2, -0.15) is 0 Å². The second-order valence-electron chi connectivity index (χ2n) is 3.60. The van der Waals surface area contributed by atoms with Crippen molar-refractivity contribution in [3.05, 3.63) is 33.5 Å². The number of aryl methyl sites for hydroxylation is 1. The van der Waals surface area contributed by atoms with Gasteiger partial charge in [0.05, 0.1) is 0 Å². The van der Waals surface area contributed by atoms with Crippen LogP contribution < -0.4 is 5.73 Å². The Bertz CT molecular complexity index is 525. The van der Waals surface area contributed by atoms with Crippen LogP contribution in [-0.4, -0.2) is 5.16 Å². The Hall–Kier alpha value is -1.36. The molecule has 3 nitrogen and oxygen atoms in total. The van der Waals surface area contributed by atoms with Gasteiger partial charge in [-0.3, -0.25) is 0 Å². The van der Waals surface area contributed by atoms with Crippen molar-refractivity contribution in [2.75, 3.05) is 5.73 Å². The first-order valence-corrected chi connectivity index (χ1v) is 5.47. The van der Waals surface area contributed by atoms with Crippen LogP contribution in [0.15, 0.2) is 21.1 Å². The summed E-state index contributed by atoms with van der Waals surface area (Å²) in [6.45, 7) is 3.51. The van der Waals surface area contributed by atoms with Crippen LogP contribution in [-0.2, 0) is 0 Å². The highest BCUT2D eigenvalue weighted by Crippen LogP contribution is 2.33. The van der Waals surface area contributed by atoms with Crippen LogP contribution in [0.2, 0.25) is 0 Å². The van der Waals surface area contributed by atoms with E-state index in [-0.39, 0.29) is 11.7 Å². The Morgan fingerprint density at radius 1 is 1.38 bits per heavy atom. The molecular weight excluding hydrogens is 275 g/mol. The van der Waals surface area contributed by atoms with Gasteiger partial charge in [0.2, 0.25) is 5.88 Å². The lowest BCUT2D eigenvalue weighted by Gasteiger charge is -2.08. The van der Waals surface area contributed by atoms with Crippen LogP contribution in [0.1, 0.15) is 11.1 Å². The van der Waals surface area contributed by atoms with E-state index in [0.717, 1.165) is 10.0 Å². The smallest absolute Gasteiger partial charge is 0.222 e. The first kappa shape index (κ1) is 11.1. The van der Waals surface area contributed by atoms with Crippen molar-refractivity contribution < 1.29 is 8.91 Å². The second-order valence-corrected chi connectivity index (χ2v) is 4.46. The summed E-state index contributed by atoms with van der Waals surface area (Å²) in [4.78, 5) is 0. The van der Waals surface area contributed by atoms with Gasteiger partial charge in [-0.15, -0.1) is 0 Å². The number of anilines is 1. The summed E-state index contributed by atoms with van der Waals surface area (Å²) >= 11 is 3.38. The third-order valence-corrected chi connectivity index (χ3v) is 3.25. The lowest BCUT2D eigenvalue weighted by molar-refractivity contribution is 0.438. The largest absolute Gasteiger partial charge is 0.368 e. The molecule has 0 spiro atoms. The molecule has 0 amide bonds. The molecule has 1 heterocycles. The Labute approximate surface area is 101 Å². The molecule has 2 aromatic rings. The van der Waals surface area contributed by atoms with Crippen molar-refractivity contribution in [2.45, 2.75) is 13.8 Å². The Morgan fingerprint density at radius 2 is 2.06 bits per heavy atom. The summed E-state index contributed by atoms with van der Waals surface area (Å²) in [7, 11) is 0. The average molecular weight is 285 g/mol. The highest BCUT2D eigenvalue weighted by molar-refractivity contribution is 9.10. The third-order valence-electron chi connectivity index (χ3n) is 2.43. The maximum Gasteiger partial charge on any atom is 0.222 e. The quantitative estimate of drug-likeness (QED) is 0.873. The monoisotopic (exact) mass is 284 g/mol. The van der Waals surface area contributed by atoms with E-state index in [1.54, 1.807) is 13.0 Å². The lowest BCUT2D eigenvalue weighted by atomic mass is 10.0. The first-order chi connectivity index (χ1) is 7.50. The highest BCUT2D eigenvalue weighted by atomic mass is 79.9. The number of nitrogens with zero attached hydrogens (tertiary/aromatic N) is 1. The normalized spacial score (nSPS) is 10.8. The molecule has 0 bridgehead atoms. The van der Waals surface area contributed by atoms with E-state index in [9.17, 15) is 4.39 Å². The third kappa shape index (κ3) is 1.71. The van der Waals surface area contributed by atoms with Gasteiger partial charge >= 0.3 is 0 Å². The van der Waals surface area contributed by atoms with Gasteiger partial charge in [0.15, 0.2) is 0 Å². The van der Waals surface area contributed by atoms with Crippen molar-refractivity contribution in [1.82, 2.24) is 5.16 Å². The van der Waals surface area contributed by atoms with Gasteiger partial charge in [0.1, 0.15) is 11.5 Å². The van der Waals surface area contributed by atoms with Crippen molar-refractivity contribution in [3.8, 4) is 11.3 Å². The zero-order valence-electron chi connectivity index (χ0n) is 8.84. The molecule has 0 aliphatic carbocycles. The number of hydrogen-bond acceptors (Lipinski definition) is 3. The van der Waals surface area contributed by atoms with Gasteiger partial charge in [0, 0.05) is 16.1 Å². The standard InChI is InChI=1S/C11H10BrFN2O/c1-5-3-7(12)6(2)10(11(5)13)8-4-9(14)16-15-8/h3-4H,14H2,1-2H3. The van der Waals surface area contributed by atoms with Crippen molar-refractivity contribution in [2.24, 2.45) is 0 Å². The number of nitrogens with two attached hydrogens (primary N) is 1. The molecule has 0 fully saturated rings. The molecule has 1 aromatic carbocycles. The molecule has 5 heteroatoms. The first-order valence-electron chi connectivity index (χ1n) is 4.68. The van der Waals surface area contributed by atoms with Gasteiger partial charge in [-0.25, -0.2) is 4.39 Å². The molecule has 2 rings (SSSR count). The molecule has 1 aromatic heterocycles. The number of aromatic nitrogens is 1. The zero-order valence-corrected chi connectivity index (χ0v) is 10.4. The Balaban J connectivity index is 2.73. The summed E-state index contributed by atoms with van der Waals surface area (Å²) in [5.41, 5.74) is 7.59. The molecule has 16 heavy (non-hydrogen) atoms. The fourth-order valence-corrected chi connectivity index (χ4v) is 2.10. The lowest BCUT2D eigenvalue weighted by Crippen LogP contribution is -1.94. The zero-order chi connectivity index (χ0) is 11.9. The fraction of sp³-hybridized carbons (Fsp3) is 0.182. The summed E-state index contributed by atoms with van der Waals surface area (Å²) in [6, 6.07) is 3.24. The molecule has 0 saturated carbocycles. The molecule has 0 aliphatic heterocycles. The predicted molar refractivity (Wildman–Crippen MR) is 63.5 cm³/mol. The van der Waals surface area contributed by atoms with Crippen LogP contribution in [0, 0.1) is 19.7 Å². The number of hydrogen-bond donors (Lipinski definition) is 1. The van der Waals surface area contributed by atoms with Crippen LogP contribution in [0.3, 0.4) is 0 Å². The van der Waals surface area contributed by atoms with E-state index in [4.69, 9.17) is 10.3 Å². The molecule has 0 radical (unpaired) electrons. The van der Waals surface area contributed by atoms with Crippen LogP contribution in [0.5, 0.6) is 0 Å². The maximum absolute atomic E-state index is 14.0. The van der Waals surface area contributed by atoms with Crippen molar-refractivity contribution in [3.63, 3.8) is 0 Å². The number of nitrogen functional groups attached to an aromatic ring is 1. The van der Waals surface area contributed by atoms with Crippen molar-refractivity contribution in [1.29, 1.82) is 0 Å².